The molecule has 3 N–H and O–H groups in total. The van der Waals surface area contributed by atoms with Crippen LogP contribution in [0.4, 0.5) is 5.82 Å². The Bertz CT molecular complexity index is 1110. The van der Waals surface area contributed by atoms with Crippen molar-refractivity contribution in [3.8, 4) is 5.75 Å². The van der Waals surface area contributed by atoms with E-state index < -0.39 is 11.9 Å². The molecule has 4 rings (SSSR count). The average Bonchev–Trinajstić information content (AvgIpc) is 3.14. The third-order valence-electron chi connectivity index (χ3n) is 5.00. The molecule has 8 nitrogen and oxygen atoms in total. The molecule has 1 aliphatic rings. The highest BCUT2D eigenvalue weighted by molar-refractivity contribution is 7.19. The van der Waals surface area contributed by atoms with E-state index in [2.05, 4.69) is 15.3 Å². The molecule has 1 aliphatic carbocycles. The number of esters is 1. The third-order valence-corrected chi connectivity index (χ3v) is 6.18. The van der Waals surface area contributed by atoms with E-state index >= 15 is 0 Å². The smallest absolute Gasteiger partial charge is 0.325 e. The van der Waals surface area contributed by atoms with Crippen LogP contribution >= 0.6 is 11.3 Å². The number of carbonyl (C=O) groups excluding carboxylic acids is 2. The van der Waals surface area contributed by atoms with Gasteiger partial charge in [-0.15, -0.1) is 11.3 Å². The molecule has 3 aromatic rings. The number of ether oxygens (including phenoxy) is 2. The van der Waals surface area contributed by atoms with Crippen molar-refractivity contribution in [2.45, 2.75) is 32.3 Å². The first kappa shape index (κ1) is 20.1. The second kappa shape index (κ2) is 8.66. The number of thiophene rings is 1. The summed E-state index contributed by atoms with van der Waals surface area (Å²) in [6.07, 6.45) is 4.38. The zero-order chi connectivity index (χ0) is 21.1. The van der Waals surface area contributed by atoms with Crippen LogP contribution in [0.5, 0.6) is 5.75 Å². The number of rotatable bonds is 6. The molecule has 0 saturated heterocycles. The molecule has 156 valence electrons. The van der Waals surface area contributed by atoms with Crippen molar-refractivity contribution in [3.63, 3.8) is 0 Å². The van der Waals surface area contributed by atoms with Crippen molar-refractivity contribution in [3.05, 3.63) is 46.1 Å². The number of amides is 1. The van der Waals surface area contributed by atoms with Gasteiger partial charge in [0.05, 0.1) is 18.1 Å². The molecule has 2 heterocycles. The molecule has 1 amide bonds. The minimum atomic E-state index is -0.592. The fourth-order valence-corrected chi connectivity index (χ4v) is 4.86. The predicted molar refractivity (Wildman–Crippen MR) is 114 cm³/mol. The number of nitrogen functional groups attached to an aromatic ring is 1. The normalized spacial score (nSPS) is 13.0. The molecule has 0 saturated carbocycles. The van der Waals surface area contributed by atoms with Crippen molar-refractivity contribution in [2.75, 3.05) is 19.4 Å². The maximum absolute atomic E-state index is 12.3. The maximum Gasteiger partial charge on any atom is 0.325 e. The van der Waals surface area contributed by atoms with Gasteiger partial charge in [0.25, 0.3) is 5.91 Å². The van der Waals surface area contributed by atoms with Crippen molar-refractivity contribution in [1.29, 1.82) is 0 Å². The molecule has 0 radical (unpaired) electrons. The predicted octanol–water partition coefficient (Wildman–Crippen LogP) is 2.63. The number of nitrogens with zero attached hydrogens (tertiary/aromatic N) is 2. The topological polar surface area (TPSA) is 116 Å². The van der Waals surface area contributed by atoms with Gasteiger partial charge in [-0.05, 0) is 43.4 Å². The lowest BCUT2D eigenvalue weighted by molar-refractivity contribution is -0.143. The Labute approximate surface area is 177 Å². The lowest BCUT2D eigenvalue weighted by atomic mass is 9.97. The quantitative estimate of drug-likeness (QED) is 0.582. The summed E-state index contributed by atoms with van der Waals surface area (Å²) < 4.78 is 10.4. The van der Waals surface area contributed by atoms with Crippen LogP contribution in [-0.4, -0.2) is 35.5 Å². The van der Waals surface area contributed by atoms with E-state index in [1.807, 2.05) is 0 Å². The van der Waals surface area contributed by atoms with E-state index in [1.165, 1.54) is 24.0 Å². The minimum absolute atomic E-state index is 0.105. The molecule has 30 heavy (non-hydrogen) atoms. The summed E-state index contributed by atoms with van der Waals surface area (Å²) >= 11 is 1.64. The Morgan fingerprint density at radius 3 is 2.83 bits per heavy atom. The number of carbonyl (C=O) groups is 2. The monoisotopic (exact) mass is 426 g/mol. The number of hydrogen-bond donors (Lipinski definition) is 2. The number of nitrogens with one attached hydrogen (secondary N) is 1. The van der Waals surface area contributed by atoms with Gasteiger partial charge in [0.2, 0.25) is 0 Å². The molecule has 0 spiro atoms. The van der Waals surface area contributed by atoms with Gasteiger partial charge in [-0.25, -0.2) is 9.97 Å². The Morgan fingerprint density at radius 2 is 2.00 bits per heavy atom. The molecular weight excluding hydrogens is 404 g/mol. The highest BCUT2D eigenvalue weighted by Crippen LogP contribution is 2.37. The summed E-state index contributed by atoms with van der Waals surface area (Å²) in [5.41, 5.74) is 7.78. The average molecular weight is 426 g/mol. The molecule has 0 aliphatic heterocycles. The number of fused-ring (bicyclic) bond motifs is 3. The largest absolute Gasteiger partial charge is 0.496 e. The van der Waals surface area contributed by atoms with Gasteiger partial charge in [-0.3, -0.25) is 9.59 Å². The zero-order valence-electron chi connectivity index (χ0n) is 16.6. The van der Waals surface area contributed by atoms with Crippen molar-refractivity contribution < 1.29 is 19.1 Å². The summed E-state index contributed by atoms with van der Waals surface area (Å²) in [6, 6.07) is 6.77. The van der Waals surface area contributed by atoms with Crippen LogP contribution in [0.3, 0.4) is 0 Å². The van der Waals surface area contributed by atoms with Crippen molar-refractivity contribution in [1.82, 2.24) is 15.3 Å². The highest BCUT2D eigenvalue weighted by Gasteiger charge is 2.20. The Balaban J connectivity index is 1.37. The minimum Gasteiger partial charge on any atom is -0.496 e. The van der Waals surface area contributed by atoms with Crippen molar-refractivity contribution >= 4 is 39.2 Å². The van der Waals surface area contributed by atoms with Crippen LogP contribution in [0.2, 0.25) is 0 Å². The van der Waals surface area contributed by atoms with Crippen LogP contribution in [0.15, 0.2) is 24.3 Å². The molecule has 1 aromatic carbocycles. The molecule has 0 atom stereocenters. The first-order chi connectivity index (χ1) is 14.6. The van der Waals surface area contributed by atoms with E-state index in [0.717, 1.165) is 29.5 Å². The van der Waals surface area contributed by atoms with Crippen LogP contribution in [-0.2, 0) is 29.0 Å². The Hall–Kier alpha value is -3.20. The number of anilines is 1. The van der Waals surface area contributed by atoms with Gasteiger partial charge < -0.3 is 20.5 Å². The molecule has 0 fully saturated rings. The molecular formula is C21H22N4O4S. The summed E-state index contributed by atoms with van der Waals surface area (Å²) in [7, 11) is 1.48. The Morgan fingerprint density at radius 1 is 1.20 bits per heavy atom. The van der Waals surface area contributed by atoms with Crippen LogP contribution in [0, 0.1) is 0 Å². The van der Waals surface area contributed by atoms with E-state index in [4.69, 9.17) is 15.2 Å². The van der Waals surface area contributed by atoms with Gasteiger partial charge >= 0.3 is 5.97 Å². The molecule has 2 aromatic heterocycles. The van der Waals surface area contributed by atoms with Gasteiger partial charge in [0.15, 0.2) is 12.4 Å². The maximum atomic E-state index is 12.3. The number of nitrogens with two attached hydrogens (primary N) is 1. The summed E-state index contributed by atoms with van der Waals surface area (Å²) in [5.74, 6) is 0.193. The first-order valence-corrected chi connectivity index (χ1v) is 10.5. The van der Waals surface area contributed by atoms with Gasteiger partial charge in [0.1, 0.15) is 22.9 Å². The van der Waals surface area contributed by atoms with E-state index in [-0.39, 0.29) is 13.2 Å². The highest BCUT2D eigenvalue weighted by atomic mass is 32.1. The second-order valence-corrected chi connectivity index (χ2v) is 8.04. The van der Waals surface area contributed by atoms with E-state index in [1.54, 1.807) is 35.6 Å². The number of benzene rings is 1. The number of aryl methyl sites for hydroxylation is 2. The fraction of sp³-hybridized carbons (Fsp3) is 0.333. The SMILES string of the molecule is COc1ccccc1C(=O)NCC(=O)OCc1nc(N)c2c3c(sc2n1)CCCC3. The molecule has 0 unspecified atom stereocenters. The number of aromatic nitrogens is 2. The number of methoxy groups -OCH3 is 1. The van der Waals surface area contributed by atoms with E-state index in [9.17, 15) is 9.59 Å². The summed E-state index contributed by atoms with van der Waals surface area (Å²) in [5, 5.41) is 3.47. The van der Waals surface area contributed by atoms with Crippen LogP contribution in [0.25, 0.3) is 10.2 Å². The number of para-hydroxylation sites is 1. The van der Waals surface area contributed by atoms with Crippen LogP contribution in [0.1, 0.15) is 39.5 Å². The Kier molecular flexibility index (Phi) is 5.80. The molecule has 9 heteroatoms. The van der Waals surface area contributed by atoms with E-state index in [0.29, 0.717) is 23.0 Å². The fourth-order valence-electron chi connectivity index (χ4n) is 3.57. The first-order valence-electron chi connectivity index (χ1n) is 9.70. The van der Waals surface area contributed by atoms with Gasteiger partial charge in [-0.1, -0.05) is 12.1 Å². The lowest BCUT2D eigenvalue weighted by Crippen LogP contribution is -2.30. The second-order valence-electron chi connectivity index (χ2n) is 6.96. The number of hydrogen-bond acceptors (Lipinski definition) is 8. The standard InChI is InChI=1S/C21H22N4O4S/c1-28-14-8-4-2-6-12(14)20(27)23-10-17(26)29-11-16-24-19(22)18-13-7-3-5-9-15(13)30-21(18)25-16/h2,4,6,8H,3,5,7,9-11H2,1H3,(H,23,27)(H2,22,24,25). The molecule has 0 bridgehead atoms. The lowest BCUT2D eigenvalue weighted by Gasteiger charge is -2.11. The summed E-state index contributed by atoms with van der Waals surface area (Å²) in [6.45, 7) is -0.381. The van der Waals surface area contributed by atoms with Gasteiger partial charge in [-0.2, -0.15) is 0 Å². The zero-order valence-corrected chi connectivity index (χ0v) is 17.4. The van der Waals surface area contributed by atoms with Gasteiger partial charge in [0, 0.05) is 4.88 Å². The van der Waals surface area contributed by atoms with Crippen molar-refractivity contribution in [2.24, 2.45) is 0 Å². The van der Waals surface area contributed by atoms with Crippen LogP contribution < -0.4 is 15.8 Å². The summed E-state index contributed by atoms with van der Waals surface area (Å²) in [4.78, 5) is 35.3. The third kappa shape index (κ3) is 4.06.